The average Bonchev–Trinajstić information content (AvgIpc) is 2.73. The third-order valence-corrected chi connectivity index (χ3v) is 4.68. The van der Waals surface area contributed by atoms with Crippen molar-refractivity contribution in [1.29, 1.82) is 0 Å². The minimum absolute atomic E-state index is 0.234. The Labute approximate surface area is 163 Å². The van der Waals surface area contributed by atoms with Gasteiger partial charge in [-0.2, -0.15) is 0 Å². The fourth-order valence-electron chi connectivity index (χ4n) is 3.21. The van der Waals surface area contributed by atoms with Crippen LogP contribution in [0, 0.1) is 5.82 Å². The van der Waals surface area contributed by atoms with Gasteiger partial charge in [0, 0.05) is 38.3 Å². The van der Waals surface area contributed by atoms with Crippen LogP contribution >= 0.6 is 0 Å². The highest BCUT2D eigenvalue weighted by molar-refractivity contribution is 5.90. The van der Waals surface area contributed by atoms with Gasteiger partial charge in [0.15, 0.2) is 11.5 Å². The van der Waals surface area contributed by atoms with E-state index in [0.717, 1.165) is 0 Å². The maximum Gasteiger partial charge on any atom is 0.321 e. The molecule has 2 amide bonds. The number of nitrogens with zero attached hydrogens (tertiary/aromatic N) is 2. The maximum absolute atomic E-state index is 14.0. The number of amides is 2. The molecular formula is C20H24FN3O4. The zero-order valence-corrected chi connectivity index (χ0v) is 16.2. The molecule has 0 radical (unpaired) electrons. The summed E-state index contributed by atoms with van der Waals surface area (Å²) in [5, 5.41) is 2.86. The summed E-state index contributed by atoms with van der Waals surface area (Å²) in [4.78, 5) is 16.3. The number of urea groups is 1. The SMILES string of the molecule is COc1cc(NC(=O)N2CCN(c3ccccc3F)CC2)cc(OC)c1OC. The van der Waals surface area contributed by atoms with Crippen LogP contribution in [0.2, 0.25) is 0 Å². The number of carbonyl (C=O) groups is 1. The summed E-state index contributed by atoms with van der Waals surface area (Å²) in [6.07, 6.45) is 0. The molecule has 1 saturated heterocycles. The molecule has 0 unspecified atom stereocenters. The van der Waals surface area contributed by atoms with Crippen LogP contribution in [0.15, 0.2) is 36.4 Å². The van der Waals surface area contributed by atoms with E-state index >= 15 is 0 Å². The van der Waals surface area contributed by atoms with Gasteiger partial charge in [0.05, 0.1) is 32.7 Å². The second-order valence-corrected chi connectivity index (χ2v) is 6.27. The Hall–Kier alpha value is -3.16. The van der Waals surface area contributed by atoms with Crippen LogP contribution in [0.5, 0.6) is 17.2 Å². The first kappa shape index (κ1) is 19.6. The lowest BCUT2D eigenvalue weighted by Gasteiger charge is -2.36. The van der Waals surface area contributed by atoms with Crippen molar-refractivity contribution < 1.29 is 23.4 Å². The van der Waals surface area contributed by atoms with E-state index in [0.29, 0.717) is 54.8 Å². The highest BCUT2D eigenvalue weighted by Crippen LogP contribution is 2.40. The number of hydrogen-bond acceptors (Lipinski definition) is 5. The Kier molecular flexibility index (Phi) is 6.08. The minimum Gasteiger partial charge on any atom is -0.493 e. The average molecular weight is 389 g/mol. The number of methoxy groups -OCH3 is 3. The van der Waals surface area contributed by atoms with E-state index < -0.39 is 0 Å². The van der Waals surface area contributed by atoms with Crippen LogP contribution in [-0.4, -0.2) is 58.4 Å². The number of ether oxygens (including phenoxy) is 3. The van der Waals surface area contributed by atoms with Crippen molar-refractivity contribution in [3.8, 4) is 17.2 Å². The summed E-state index contributed by atoms with van der Waals surface area (Å²) < 4.78 is 29.9. The van der Waals surface area contributed by atoms with Gasteiger partial charge in [-0.15, -0.1) is 0 Å². The molecule has 1 fully saturated rings. The molecule has 2 aromatic rings. The molecule has 0 spiro atoms. The summed E-state index contributed by atoms with van der Waals surface area (Å²) >= 11 is 0. The molecule has 2 aromatic carbocycles. The third-order valence-electron chi connectivity index (χ3n) is 4.68. The molecule has 0 atom stereocenters. The minimum atomic E-state index is -0.252. The molecule has 8 heteroatoms. The monoisotopic (exact) mass is 389 g/mol. The zero-order chi connectivity index (χ0) is 20.1. The first-order valence-electron chi connectivity index (χ1n) is 8.92. The lowest BCUT2D eigenvalue weighted by Crippen LogP contribution is -2.50. The smallest absolute Gasteiger partial charge is 0.321 e. The van der Waals surface area contributed by atoms with Crippen molar-refractivity contribution in [3.63, 3.8) is 0 Å². The van der Waals surface area contributed by atoms with E-state index in [1.807, 2.05) is 11.0 Å². The van der Waals surface area contributed by atoms with Gasteiger partial charge in [0.2, 0.25) is 5.75 Å². The van der Waals surface area contributed by atoms with E-state index in [4.69, 9.17) is 14.2 Å². The van der Waals surface area contributed by atoms with E-state index in [1.54, 1.807) is 29.2 Å². The number of nitrogens with one attached hydrogen (secondary N) is 1. The number of hydrogen-bond donors (Lipinski definition) is 1. The molecule has 3 rings (SSSR count). The standard InChI is InChI=1S/C20H24FN3O4/c1-26-17-12-14(13-18(27-2)19(17)28-3)22-20(25)24-10-8-23(9-11-24)16-7-5-4-6-15(16)21/h4-7,12-13H,8-11H2,1-3H3,(H,22,25). The fourth-order valence-corrected chi connectivity index (χ4v) is 3.21. The quantitative estimate of drug-likeness (QED) is 0.851. The predicted octanol–water partition coefficient (Wildman–Crippen LogP) is 3.21. The molecule has 0 saturated carbocycles. The van der Waals surface area contributed by atoms with Crippen molar-refractivity contribution in [1.82, 2.24) is 4.90 Å². The molecule has 28 heavy (non-hydrogen) atoms. The Bertz CT molecular complexity index is 813. The van der Waals surface area contributed by atoms with Gasteiger partial charge in [0.1, 0.15) is 5.82 Å². The van der Waals surface area contributed by atoms with Crippen molar-refractivity contribution in [3.05, 3.63) is 42.2 Å². The highest BCUT2D eigenvalue weighted by Gasteiger charge is 2.23. The molecule has 1 heterocycles. The molecule has 0 aliphatic carbocycles. The van der Waals surface area contributed by atoms with Gasteiger partial charge in [-0.05, 0) is 12.1 Å². The van der Waals surface area contributed by atoms with Gasteiger partial charge in [-0.25, -0.2) is 9.18 Å². The molecule has 150 valence electrons. The number of piperazine rings is 1. The van der Waals surface area contributed by atoms with E-state index in [9.17, 15) is 9.18 Å². The van der Waals surface area contributed by atoms with E-state index in [1.165, 1.54) is 27.4 Å². The van der Waals surface area contributed by atoms with Gasteiger partial charge in [-0.1, -0.05) is 12.1 Å². The molecule has 0 bridgehead atoms. The van der Waals surface area contributed by atoms with Gasteiger partial charge in [-0.3, -0.25) is 0 Å². The predicted molar refractivity (Wildman–Crippen MR) is 105 cm³/mol. The summed E-state index contributed by atoms with van der Waals surface area (Å²) in [6, 6.07) is 9.79. The molecule has 1 N–H and O–H groups in total. The van der Waals surface area contributed by atoms with Gasteiger partial charge >= 0.3 is 6.03 Å². The Morgan fingerprint density at radius 2 is 1.57 bits per heavy atom. The lowest BCUT2D eigenvalue weighted by molar-refractivity contribution is 0.208. The van der Waals surface area contributed by atoms with Crippen LogP contribution < -0.4 is 24.4 Å². The number of rotatable bonds is 5. The Morgan fingerprint density at radius 1 is 0.964 bits per heavy atom. The van der Waals surface area contributed by atoms with Gasteiger partial charge < -0.3 is 29.3 Å². The maximum atomic E-state index is 14.0. The summed E-state index contributed by atoms with van der Waals surface area (Å²) in [5.41, 5.74) is 1.10. The summed E-state index contributed by atoms with van der Waals surface area (Å²) in [5.74, 6) is 1.13. The highest BCUT2D eigenvalue weighted by atomic mass is 19.1. The molecule has 1 aliphatic heterocycles. The van der Waals surface area contributed by atoms with E-state index in [-0.39, 0.29) is 11.8 Å². The number of para-hydroxylation sites is 1. The third kappa shape index (κ3) is 4.05. The Balaban J connectivity index is 1.66. The van der Waals surface area contributed by atoms with Crippen molar-refractivity contribution in [2.75, 3.05) is 57.7 Å². The van der Waals surface area contributed by atoms with Crippen LogP contribution in [0.3, 0.4) is 0 Å². The number of carbonyl (C=O) groups excluding carboxylic acids is 1. The Morgan fingerprint density at radius 3 is 2.11 bits per heavy atom. The number of halogens is 1. The largest absolute Gasteiger partial charge is 0.493 e. The second-order valence-electron chi connectivity index (χ2n) is 6.27. The van der Waals surface area contributed by atoms with Crippen molar-refractivity contribution >= 4 is 17.4 Å². The van der Waals surface area contributed by atoms with E-state index in [2.05, 4.69) is 5.32 Å². The molecule has 7 nitrogen and oxygen atoms in total. The van der Waals surface area contributed by atoms with Crippen molar-refractivity contribution in [2.24, 2.45) is 0 Å². The van der Waals surface area contributed by atoms with Crippen LogP contribution in [0.4, 0.5) is 20.6 Å². The molecule has 1 aliphatic rings. The summed E-state index contributed by atoms with van der Waals surface area (Å²) in [6.45, 7) is 2.10. The van der Waals surface area contributed by atoms with Gasteiger partial charge in [0.25, 0.3) is 0 Å². The normalized spacial score (nSPS) is 13.9. The summed E-state index contributed by atoms with van der Waals surface area (Å²) in [7, 11) is 4.56. The zero-order valence-electron chi connectivity index (χ0n) is 16.2. The fraction of sp³-hybridized carbons (Fsp3) is 0.350. The van der Waals surface area contributed by atoms with Crippen molar-refractivity contribution in [2.45, 2.75) is 0 Å². The topological polar surface area (TPSA) is 63.3 Å². The lowest BCUT2D eigenvalue weighted by atomic mass is 10.2. The number of anilines is 2. The first-order chi connectivity index (χ1) is 13.6. The van der Waals surface area contributed by atoms with Crippen LogP contribution in [0.1, 0.15) is 0 Å². The number of benzene rings is 2. The van der Waals surface area contributed by atoms with Crippen LogP contribution in [0.25, 0.3) is 0 Å². The first-order valence-corrected chi connectivity index (χ1v) is 8.92. The van der Waals surface area contributed by atoms with Crippen LogP contribution in [-0.2, 0) is 0 Å². The second kappa shape index (κ2) is 8.69. The molecular weight excluding hydrogens is 365 g/mol. The molecule has 0 aromatic heterocycles.